The summed E-state index contributed by atoms with van der Waals surface area (Å²) in [5.74, 6) is 1.68. The number of aliphatic hydroxyl groups excluding tert-OH is 1. The fraction of sp³-hybridized carbons (Fsp3) is 0.481. The highest BCUT2D eigenvalue weighted by molar-refractivity contribution is 7.99. The summed E-state index contributed by atoms with van der Waals surface area (Å²) >= 11 is 15.2. The van der Waals surface area contributed by atoms with Crippen molar-refractivity contribution in [2.24, 2.45) is 0 Å². The molecule has 0 aliphatic heterocycles. The van der Waals surface area contributed by atoms with E-state index in [-0.39, 0.29) is 16.7 Å². The summed E-state index contributed by atoms with van der Waals surface area (Å²) in [4.78, 5) is 28.5. The summed E-state index contributed by atoms with van der Waals surface area (Å²) < 4.78 is 6.17. The lowest BCUT2D eigenvalue weighted by Crippen LogP contribution is -2.38. The number of H-pyrrole nitrogens is 1. The summed E-state index contributed by atoms with van der Waals surface area (Å²) in [6.07, 6.45) is 0.218. The topological polar surface area (TPSA) is 115 Å². The van der Waals surface area contributed by atoms with Crippen LogP contribution in [-0.4, -0.2) is 69.5 Å². The second-order valence-electron chi connectivity index (χ2n) is 10.0. The van der Waals surface area contributed by atoms with E-state index in [1.54, 1.807) is 28.8 Å². The molecule has 1 amide bonds. The molecule has 1 atom stereocenters. The van der Waals surface area contributed by atoms with Gasteiger partial charge in [-0.2, -0.15) is 11.8 Å². The van der Waals surface area contributed by atoms with Crippen LogP contribution in [0.1, 0.15) is 44.4 Å². The summed E-state index contributed by atoms with van der Waals surface area (Å²) in [5.41, 5.74) is 1.26. The number of fused-ring (bicyclic) bond motifs is 1. The highest BCUT2D eigenvalue weighted by Gasteiger charge is 2.22. The number of thiazole rings is 1. The van der Waals surface area contributed by atoms with E-state index in [0.717, 1.165) is 34.8 Å². The van der Waals surface area contributed by atoms with Crippen LogP contribution >= 0.6 is 46.3 Å². The number of rotatable bonds is 13. The maximum absolute atomic E-state index is 12.8. The van der Waals surface area contributed by atoms with Crippen molar-refractivity contribution >= 4 is 62.6 Å². The molecule has 8 nitrogen and oxygen atoms in total. The molecule has 0 aliphatic carbocycles. The Balaban J connectivity index is 1.41. The van der Waals surface area contributed by atoms with Gasteiger partial charge in [-0.15, -0.1) is 0 Å². The molecule has 214 valence electrons. The van der Waals surface area contributed by atoms with Gasteiger partial charge in [0.25, 0.3) is 0 Å². The standard InChI is InChI=1S/C27H35Cl2N3O5S2/c1-27(2,3)37-26(36)32(13-10-17-6-4-7-19(28)22(17)29)12-5-14-38-15-11-30-16-21(34)18-8-9-20(33)23-24(18)39-25(35)31-23/h4,6-9,21,30,33-34H,5,10-16H2,1-3H3,(H,31,35)/t21-/m0/s1. The van der Waals surface area contributed by atoms with E-state index < -0.39 is 11.7 Å². The van der Waals surface area contributed by atoms with Gasteiger partial charge in [0.05, 0.1) is 20.8 Å². The fourth-order valence-electron chi connectivity index (χ4n) is 3.87. The van der Waals surface area contributed by atoms with Crippen LogP contribution in [0.3, 0.4) is 0 Å². The molecule has 0 aliphatic rings. The maximum Gasteiger partial charge on any atom is 0.410 e. The van der Waals surface area contributed by atoms with Crippen molar-refractivity contribution in [1.29, 1.82) is 0 Å². The van der Waals surface area contributed by atoms with Crippen LogP contribution in [0.25, 0.3) is 10.2 Å². The van der Waals surface area contributed by atoms with Crippen LogP contribution < -0.4 is 10.2 Å². The maximum atomic E-state index is 12.8. The fourth-order valence-corrected chi connectivity index (χ4v) is 6.03. The molecule has 1 heterocycles. The van der Waals surface area contributed by atoms with Gasteiger partial charge in [0.1, 0.15) is 16.9 Å². The molecule has 0 saturated heterocycles. The first kappa shape index (κ1) is 31.6. The Labute approximate surface area is 246 Å². The van der Waals surface area contributed by atoms with Crippen LogP contribution in [0.5, 0.6) is 5.75 Å². The SMILES string of the molecule is CC(C)(C)OC(=O)N(CCCSCCNC[C@H](O)c1ccc(O)c2[nH]c(=O)sc12)CCc1cccc(Cl)c1Cl. The lowest BCUT2D eigenvalue weighted by molar-refractivity contribution is 0.0252. The monoisotopic (exact) mass is 615 g/mol. The van der Waals surface area contributed by atoms with Gasteiger partial charge < -0.3 is 30.2 Å². The predicted octanol–water partition coefficient (Wildman–Crippen LogP) is 5.83. The number of thioether (sulfide) groups is 1. The Morgan fingerprint density at radius 3 is 2.72 bits per heavy atom. The lowest BCUT2D eigenvalue weighted by Gasteiger charge is -2.27. The number of nitrogens with zero attached hydrogens (tertiary/aromatic N) is 1. The normalized spacial score (nSPS) is 12.6. The first-order valence-electron chi connectivity index (χ1n) is 12.7. The van der Waals surface area contributed by atoms with Crippen molar-refractivity contribution in [3.05, 3.63) is 61.2 Å². The van der Waals surface area contributed by atoms with Gasteiger partial charge in [-0.3, -0.25) is 4.79 Å². The highest BCUT2D eigenvalue weighted by Crippen LogP contribution is 2.31. The number of halogens is 2. The molecule has 0 spiro atoms. The van der Waals surface area contributed by atoms with Crippen LogP contribution in [0.15, 0.2) is 35.1 Å². The molecular weight excluding hydrogens is 581 g/mol. The van der Waals surface area contributed by atoms with E-state index in [2.05, 4.69) is 10.3 Å². The molecule has 3 rings (SSSR count). The number of nitrogens with one attached hydrogen (secondary N) is 2. The van der Waals surface area contributed by atoms with Gasteiger partial charge in [0, 0.05) is 37.5 Å². The van der Waals surface area contributed by atoms with E-state index >= 15 is 0 Å². The Morgan fingerprint density at radius 1 is 1.21 bits per heavy atom. The number of benzene rings is 2. The van der Waals surface area contributed by atoms with E-state index in [1.165, 1.54) is 6.07 Å². The average molecular weight is 617 g/mol. The minimum atomic E-state index is -0.806. The Bertz CT molecular complexity index is 1310. The molecule has 2 aromatic carbocycles. The third-order valence-corrected chi connectivity index (χ3v) is 8.62. The van der Waals surface area contributed by atoms with Crippen LogP contribution in [0.2, 0.25) is 10.0 Å². The number of aromatic hydroxyl groups is 1. The first-order chi connectivity index (χ1) is 18.5. The minimum Gasteiger partial charge on any atom is -0.506 e. The summed E-state index contributed by atoms with van der Waals surface area (Å²) in [6.45, 7) is 7.59. The van der Waals surface area contributed by atoms with E-state index in [1.807, 2.05) is 32.9 Å². The number of carbonyl (C=O) groups excluding carboxylic acids is 1. The molecule has 0 unspecified atom stereocenters. The first-order valence-corrected chi connectivity index (χ1v) is 15.4. The second-order valence-corrected chi connectivity index (χ2v) is 13.0. The van der Waals surface area contributed by atoms with Crippen molar-refractivity contribution < 1.29 is 19.7 Å². The van der Waals surface area contributed by atoms with Crippen molar-refractivity contribution in [2.75, 3.05) is 37.7 Å². The number of aliphatic hydroxyl groups is 1. The number of carbonyl (C=O) groups is 1. The number of phenolic OH excluding ortho intramolecular Hbond substituents is 1. The van der Waals surface area contributed by atoms with Crippen molar-refractivity contribution in [1.82, 2.24) is 15.2 Å². The Hall–Kier alpha value is -1.95. The van der Waals surface area contributed by atoms with Crippen molar-refractivity contribution in [2.45, 2.75) is 45.3 Å². The molecule has 0 radical (unpaired) electrons. The molecule has 1 aromatic heterocycles. The van der Waals surface area contributed by atoms with Gasteiger partial charge >= 0.3 is 11.0 Å². The van der Waals surface area contributed by atoms with Crippen molar-refractivity contribution in [3.63, 3.8) is 0 Å². The average Bonchev–Trinajstić information content (AvgIpc) is 3.26. The number of phenols is 1. The summed E-state index contributed by atoms with van der Waals surface area (Å²) in [7, 11) is 0. The van der Waals surface area contributed by atoms with Gasteiger partial charge in [0.2, 0.25) is 0 Å². The van der Waals surface area contributed by atoms with Crippen LogP contribution in [0.4, 0.5) is 4.79 Å². The number of aromatic amines is 1. The van der Waals surface area contributed by atoms with E-state index in [4.69, 9.17) is 27.9 Å². The molecule has 4 N–H and O–H groups in total. The Kier molecular flexibility index (Phi) is 11.8. The molecule has 0 bridgehead atoms. The number of ether oxygens (including phenoxy) is 1. The number of amides is 1. The number of aromatic nitrogens is 1. The highest BCUT2D eigenvalue weighted by atomic mass is 35.5. The summed E-state index contributed by atoms with van der Waals surface area (Å²) in [5, 5.41) is 24.8. The number of hydrogen-bond acceptors (Lipinski definition) is 8. The van der Waals surface area contributed by atoms with Gasteiger partial charge in [-0.25, -0.2) is 4.79 Å². The lowest BCUT2D eigenvalue weighted by atomic mass is 10.1. The van der Waals surface area contributed by atoms with E-state index in [0.29, 0.717) is 58.4 Å². The van der Waals surface area contributed by atoms with Crippen LogP contribution in [0, 0.1) is 0 Å². The van der Waals surface area contributed by atoms with Gasteiger partial charge in [-0.05, 0) is 57.1 Å². The molecule has 12 heteroatoms. The van der Waals surface area contributed by atoms with Gasteiger partial charge in [-0.1, -0.05) is 52.7 Å². The minimum absolute atomic E-state index is 0.0119. The summed E-state index contributed by atoms with van der Waals surface area (Å²) in [6, 6.07) is 8.61. The smallest absolute Gasteiger partial charge is 0.410 e. The third-order valence-electron chi connectivity index (χ3n) is 5.76. The van der Waals surface area contributed by atoms with Gasteiger partial charge in [0.15, 0.2) is 0 Å². The molecule has 3 aromatic rings. The second kappa shape index (κ2) is 14.6. The molecular formula is C27H35Cl2N3O5S2. The zero-order valence-corrected chi connectivity index (χ0v) is 25.4. The largest absolute Gasteiger partial charge is 0.506 e. The zero-order valence-electron chi connectivity index (χ0n) is 22.3. The van der Waals surface area contributed by atoms with E-state index in [9.17, 15) is 19.8 Å². The Morgan fingerprint density at radius 2 is 1.97 bits per heavy atom. The number of hydrogen-bond donors (Lipinski definition) is 4. The van der Waals surface area contributed by atoms with Crippen LogP contribution in [-0.2, 0) is 11.2 Å². The quantitative estimate of drug-likeness (QED) is 0.179. The third kappa shape index (κ3) is 9.58. The van der Waals surface area contributed by atoms with Crippen molar-refractivity contribution in [3.8, 4) is 5.75 Å². The molecule has 39 heavy (non-hydrogen) atoms. The zero-order chi connectivity index (χ0) is 28.6. The molecule has 0 fully saturated rings. The predicted molar refractivity (Wildman–Crippen MR) is 162 cm³/mol. The molecule has 0 saturated carbocycles.